The van der Waals surface area contributed by atoms with Gasteiger partial charge < -0.3 is 14.9 Å². The van der Waals surface area contributed by atoms with Crippen LogP contribution in [-0.4, -0.2) is 32.3 Å². The topological polar surface area (TPSA) is 67.6 Å². The highest BCUT2D eigenvalue weighted by Crippen LogP contribution is 2.23. The van der Waals surface area contributed by atoms with Crippen molar-refractivity contribution in [1.82, 2.24) is 24.6 Å². The number of aromatic amines is 1. The van der Waals surface area contributed by atoms with Gasteiger partial charge in [-0.25, -0.2) is 0 Å². The van der Waals surface area contributed by atoms with Crippen LogP contribution in [-0.2, 0) is 18.4 Å². The second kappa shape index (κ2) is 4.48. The molecule has 0 bridgehead atoms. The highest BCUT2D eigenvalue weighted by molar-refractivity contribution is 7.71. The molecule has 2 heterocycles. The van der Waals surface area contributed by atoms with Crippen LogP contribution in [0.15, 0.2) is 0 Å². The predicted octanol–water partition coefficient (Wildman–Crippen LogP) is 1.51. The van der Waals surface area contributed by atoms with E-state index < -0.39 is 5.41 Å². The van der Waals surface area contributed by atoms with Crippen LogP contribution in [0.5, 0.6) is 0 Å². The van der Waals surface area contributed by atoms with Gasteiger partial charge in [0.15, 0.2) is 10.4 Å². The summed E-state index contributed by atoms with van der Waals surface area (Å²) in [6.07, 6.45) is 0. The van der Waals surface area contributed by atoms with Crippen LogP contribution in [0.3, 0.4) is 0 Å². The summed E-state index contributed by atoms with van der Waals surface area (Å²) in [4.78, 5) is 15.1. The van der Waals surface area contributed by atoms with E-state index in [-0.39, 0.29) is 5.91 Å². The van der Waals surface area contributed by atoms with E-state index in [4.69, 9.17) is 12.2 Å². The number of hydrogen-bond acceptors (Lipinski definition) is 3. The molecule has 2 aromatic heterocycles. The summed E-state index contributed by atoms with van der Waals surface area (Å²) < 4.78 is 4.33. The number of hydrogen-bond donors (Lipinski definition) is 2. The molecule has 0 saturated carbocycles. The van der Waals surface area contributed by atoms with Crippen molar-refractivity contribution in [2.24, 2.45) is 12.5 Å². The van der Waals surface area contributed by atoms with Gasteiger partial charge in [0, 0.05) is 20.6 Å². The molecular weight excluding hydrogens is 262 g/mol. The Kier molecular flexibility index (Phi) is 3.25. The molecule has 2 rings (SSSR count). The number of nitrogens with one attached hydrogen (secondary N) is 2. The second-order valence-electron chi connectivity index (χ2n) is 5.39. The van der Waals surface area contributed by atoms with Crippen molar-refractivity contribution in [3.05, 3.63) is 10.5 Å². The first kappa shape index (κ1) is 13.8. The molecule has 7 heteroatoms. The molecule has 0 aliphatic rings. The number of carbonyl (C=O) groups excluding carboxylic acids is 1. The molecule has 2 aromatic rings. The van der Waals surface area contributed by atoms with Crippen molar-refractivity contribution < 1.29 is 4.79 Å². The van der Waals surface area contributed by atoms with Gasteiger partial charge in [-0.1, -0.05) is 0 Å². The minimum absolute atomic E-state index is 0.0114. The molecule has 2 N–H and O–H groups in total. The lowest BCUT2D eigenvalue weighted by Crippen LogP contribution is -2.37. The van der Waals surface area contributed by atoms with Gasteiger partial charge in [-0.2, -0.15) is 5.10 Å². The predicted molar refractivity (Wildman–Crippen MR) is 76.5 cm³/mol. The first-order chi connectivity index (χ1) is 8.77. The average molecular weight is 281 g/mol. The lowest BCUT2D eigenvalue weighted by molar-refractivity contribution is -0.129. The summed E-state index contributed by atoms with van der Waals surface area (Å²) in [5.41, 5.74) is 2.21. The van der Waals surface area contributed by atoms with Gasteiger partial charge in [0.25, 0.3) is 0 Å². The zero-order valence-electron chi connectivity index (χ0n) is 11.9. The molecule has 1 amide bonds. The Morgan fingerprint density at radius 3 is 2.74 bits per heavy atom. The normalized spacial score (nSPS) is 12.1. The smallest absolute Gasteiger partial charge is 0.227 e. The van der Waals surface area contributed by atoms with Crippen LogP contribution in [0.4, 0.5) is 0 Å². The fraction of sp³-hybridized carbons (Fsp3) is 0.583. The quantitative estimate of drug-likeness (QED) is 0.838. The Morgan fingerprint density at radius 1 is 1.53 bits per heavy atom. The Labute approximate surface area is 116 Å². The Morgan fingerprint density at radius 2 is 2.16 bits per heavy atom. The first-order valence-corrected chi connectivity index (χ1v) is 6.53. The summed E-state index contributed by atoms with van der Waals surface area (Å²) >= 11 is 5.35. The molecule has 0 aliphatic heterocycles. The van der Waals surface area contributed by atoms with Crippen molar-refractivity contribution in [3.8, 4) is 0 Å². The van der Waals surface area contributed by atoms with Crippen LogP contribution in [0.25, 0.3) is 11.2 Å². The number of carbonyl (C=O) groups is 1. The second-order valence-corrected chi connectivity index (χ2v) is 5.77. The molecule has 0 spiro atoms. The van der Waals surface area contributed by atoms with Gasteiger partial charge >= 0.3 is 0 Å². The summed E-state index contributed by atoms with van der Waals surface area (Å²) in [6, 6.07) is 0. The fourth-order valence-corrected chi connectivity index (χ4v) is 2.58. The number of nitrogens with zero attached hydrogens (tertiary/aromatic N) is 3. The van der Waals surface area contributed by atoms with Gasteiger partial charge in [0.1, 0.15) is 5.52 Å². The van der Waals surface area contributed by atoms with Crippen LogP contribution in [0.1, 0.15) is 19.5 Å². The molecule has 0 saturated heterocycles. The monoisotopic (exact) mass is 281 g/mol. The molecule has 6 nitrogen and oxygen atoms in total. The molecule has 19 heavy (non-hydrogen) atoms. The number of imidazole rings is 1. The summed E-state index contributed by atoms with van der Waals surface area (Å²) in [5.74, 6) is -0.0114. The van der Waals surface area contributed by atoms with Crippen LogP contribution in [0, 0.1) is 17.1 Å². The van der Waals surface area contributed by atoms with Gasteiger partial charge in [-0.3, -0.25) is 9.48 Å². The standard InChI is InChI=1S/C12H19N5OS/c1-7-8-9(16(5)15-7)17(11(19)14-8)6-12(2,3)10(18)13-4/h6H2,1-5H3,(H,13,18)(H,14,19). The number of fused-ring (bicyclic) bond motifs is 1. The number of aryl methyl sites for hydroxylation is 2. The molecule has 0 fully saturated rings. The van der Waals surface area contributed by atoms with E-state index in [0.717, 1.165) is 16.9 Å². The van der Waals surface area contributed by atoms with E-state index in [2.05, 4.69) is 15.4 Å². The van der Waals surface area contributed by atoms with Crippen LogP contribution >= 0.6 is 12.2 Å². The number of amides is 1. The minimum atomic E-state index is -0.541. The Hall–Kier alpha value is -1.63. The van der Waals surface area contributed by atoms with E-state index >= 15 is 0 Å². The number of rotatable bonds is 3. The van der Waals surface area contributed by atoms with Gasteiger partial charge in [-0.15, -0.1) is 0 Å². The molecule has 104 valence electrons. The van der Waals surface area contributed by atoms with Gasteiger partial charge in [0.2, 0.25) is 5.91 Å². The molecular formula is C12H19N5OS. The van der Waals surface area contributed by atoms with Crippen LogP contribution in [0.2, 0.25) is 0 Å². The molecule has 0 unspecified atom stereocenters. The van der Waals surface area contributed by atoms with E-state index in [9.17, 15) is 4.79 Å². The number of H-pyrrole nitrogens is 1. The highest BCUT2D eigenvalue weighted by Gasteiger charge is 2.29. The number of aromatic nitrogens is 4. The van der Waals surface area contributed by atoms with Crippen molar-refractivity contribution in [3.63, 3.8) is 0 Å². The highest BCUT2D eigenvalue weighted by atomic mass is 32.1. The first-order valence-electron chi connectivity index (χ1n) is 6.12. The van der Waals surface area contributed by atoms with E-state index in [1.54, 1.807) is 11.7 Å². The molecule has 0 aliphatic carbocycles. The third-order valence-electron chi connectivity index (χ3n) is 3.32. The minimum Gasteiger partial charge on any atom is -0.359 e. The van der Waals surface area contributed by atoms with Crippen molar-refractivity contribution in [2.45, 2.75) is 27.3 Å². The van der Waals surface area contributed by atoms with Crippen molar-refractivity contribution in [1.29, 1.82) is 0 Å². The van der Waals surface area contributed by atoms with Crippen molar-refractivity contribution in [2.75, 3.05) is 7.05 Å². The van der Waals surface area contributed by atoms with Crippen LogP contribution < -0.4 is 5.32 Å². The summed E-state index contributed by atoms with van der Waals surface area (Å²) in [5, 5.41) is 7.05. The molecule has 0 aromatic carbocycles. The maximum atomic E-state index is 11.9. The van der Waals surface area contributed by atoms with Gasteiger partial charge in [0.05, 0.1) is 11.1 Å². The van der Waals surface area contributed by atoms with E-state index in [1.165, 1.54) is 0 Å². The fourth-order valence-electron chi connectivity index (χ4n) is 2.32. The maximum Gasteiger partial charge on any atom is 0.227 e. The van der Waals surface area contributed by atoms with Crippen molar-refractivity contribution >= 4 is 29.3 Å². The Bertz CT molecular complexity index is 691. The summed E-state index contributed by atoms with van der Waals surface area (Å²) in [7, 11) is 3.52. The largest absolute Gasteiger partial charge is 0.359 e. The lowest BCUT2D eigenvalue weighted by atomic mass is 9.92. The lowest BCUT2D eigenvalue weighted by Gasteiger charge is -2.23. The molecule has 0 atom stereocenters. The zero-order valence-corrected chi connectivity index (χ0v) is 12.7. The van der Waals surface area contributed by atoms with E-state index in [0.29, 0.717) is 11.3 Å². The third-order valence-corrected chi connectivity index (χ3v) is 3.64. The van der Waals surface area contributed by atoms with Gasteiger partial charge in [-0.05, 0) is 33.0 Å². The maximum absolute atomic E-state index is 11.9. The SMILES string of the molecule is CNC(=O)C(C)(C)Cn1c(=S)[nH]c2c(C)nn(C)c21. The summed E-state index contributed by atoms with van der Waals surface area (Å²) in [6.45, 7) is 6.23. The third kappa shape index (κ3) is 2.18. The molecule has 0 radical (unpaired) electrons. The average Bonchev–Trinajstić information content (AvgIpc) is 2.78. The van der Waals surface area contributed by atoms with E-state index in [1.807, 2.05) is 32.4 Å². The zero-order chi connectivity index (χ0) is 14.4. The Balaban J connectivity index is 2.55.